The third kappa shape index (κ3) is 3.83. The van der Waals surface area contributed by atoms with Gasteiger partial charge in [-0.15, -0.1) is 11.3 Å². The molecule has 29 heavy (non-hydrogen) atoms. The summed E-state index contributed by atoms with van der Waals surface area (Å²) in [4.78, 5) is 36.2. The van der Waals surface area contributed by atoms with Gasteiger partial charge in [-0.05, 0) is 42.7 Å². The number of H-pyrrole nitrogens is 1. The second-order valence-electron chi connectivity index (χ2n) is 8.58. The van der Waals surface area contributed by atoms with Crippen molar-refractivity contribution in [3.63, 3.8) is 0 Å². The van der Waals surface area contributed by atoms with E-state index in [0.29, 0.717) is 32.0 Å². The van der Waals surface area contributed by atoms with Crippen molar-refractivity contribution in [1.29, 1.82) is 0 Å². The third-order valence-corrected chi connectivity index (χ3v) is 7.00. The van der Waals surface area contributed by atoms with Crippen LogP contribution in [0.1, 0.15) is 53.3 Å². The molecule has 2 aliphatic heterocycles. The lowest BCUT2D eigenvalue weighted by atomic mass is 9.78. The van der Waals surface area contributed by atoms with E-state index in [0.717, 1.165) is 34.7 Å². The molecule has 3 N–H and O–H groups in total. The standard InChI is InChI=1S/C21H29N5O2S/c1-13(2)11-22-19(27)16-10-15-18(24-12-23-15)21(25-16)5-7-26(8-6-21)20(28)17-14(3)4-9-29-17/h4,9,12-13,16,25H,5-8,10-11H2,1-3H3,(H,22,27)(H,23,24)/t16-/m0/s1. The van der Waals surface area contributed by atoms with Crippen molar-refractivity contribution in [3.05, 3.63) is 39.6 Å². The summed E-state index contributed by atoms with van der Waals surface area (Å²) < 4.78 is 0. The first-order valence-corrected chi connectivity index (χ1v) is 11.2. The number of aromatic nitrogens is 2. The number of aromatic amines is 1. The van der Waals surface area contributed by atoms with E-state index in [1.54, 1.807) is 6.33 Å². The number of carbonyl (C=O) groups excluding carboxylic acids is 2. The van der Waals surface area contributed by atoms with Gasteiger partial charge in [0.1, 0.15) is 0 Å². The smallest absolute Gasteiger partial charge is 0.264 e. The molecule has 4 heterocycles. The van der Waals surface area contributed by atoms with Crippen molar-refractivity contribution >= 4 is 23.2 Å². The first kappa shape index (κ1) is 20.1. The molecule has 2 aromatic heterocycles. The molecule has 0 aliphatic carbocycles. The molecule has 0 radical (unpaired) electrons. The Morgan fingerprint density at radius 3 is 2.79 bits per heavy atom. The molecule has 0 aromatic carbocycles. The fourth-order valence-electron chi connectivity index (χ4n) is 4.34. The van der Waals surface area contributed by atoms with E-state index in [9.17, 15) is 9.59 Å². The van der Waals surface area contributed by atoms with Crippen molar-refractivity contribution in [2.45, 2.75) is 51.6 Å². The minimum Gasteiger partial charge on any atom is -0.354 e. The van der Waals surface area contributed by atoms with E-state index in [1.165, 1.54) is 11.3 Å². The number of fused-ring (bicyclic) bond motifs is 2. The molecule has 1 fully saturated rings. The Kier molecular flexibility index (Phi) is 5.48. The Labute approximate surface area is 175 Å². The van der Waals surface area contributed by atoms with E-state index in [4.69, 9.17) is 0 Å². The largest absolute Gasteiger partial charge is 0.354 e. The third-order valence-electron chi connectivity index (χ3n) is 5.99. The SMILES string of the molecule is Cc1ccsc1C(=O)N1CCC2(CC1)N[C@H](C(=O)NCC(C)C)Cc1[nH]cnc12. The Balaban J connectivity index is 1.49. The zero-order valence-corrected chi connectivity index (χ0v) is 18.1. The summed E-state index contributed by atoms with van der Waals surface area (Å²) in [5.74, 6) is 0.553. The second kappa shape index (κ2) is 7.91. The molecule has 0 unspecified atom stereocenters. The number of carbonyl (C=O) groups is 2. The number of amides is 2. The number of hydrogen-bond donors (Lipinski definition) is 3. The highest BCUT2D eigenvalue weighted by Gasteiger charge is 2.46. The van der Waals surface area contributed by atoms with Gasteiger partial charge in [-0.2, -0.15) is 0 Å². The van der Waals surface area contributed by atoms with Crippen LogP contribution in [0.4, 0.5) is 0 Å². The number of hydrogen-bond acceptors (Lipinski definition) is 5. The molecule has 156 valence electrons. The topological polar surface area (TPSA) is 90.1 Å². The van der Waals surface area contributed by atoms with Crippen LogP contribution in [0.15, 0.2) is 17.8 Å². The van der Waals surface area contributed by atoms with Crippen molar-refractivity contribution in [2.75, 3.05) is 19.6 Å². The molecule has 1 saturated heterocycles. The Morgan fingerprint density at radius 1 is 1.38 bits per heavy atom. The number of thiophene rings is 1. The number of imidazole rings is 1. The van der Waals surface area contributed by atoms with Crippen molar-refractivity contribution in [2.24, 2.45) is 5.92 Å². The summed E-state index contributed by atoms with van der Waals surface area (Å²) in [7, 11) is 0. The highest BCUT2D eigenvalue weighted by atomic mass is 32.1. The summed E-state index contributed by atoms with van der Waals surface area (Å²) in [5, 5.41) is 8.63. The Bertz CT molecular complexity index is 895. The van der Waals surface area contributed by atoms with Crippen molar-refractivity contribution in [3.8, 4) is 0 Å². The van der Waals surface area contributed by atoms with Crippen LogP contribution < -0.4 is 10.6 Å². The molecule has 7 nitrogen and oxygen atoms in total. The molecule has 4 rings (SSSR count). The van der Waals surface area contributed by atoms with Gasteiger partial charge in [-0.1, -0.05) is 13.8 Å². The lowest BCUT2D eigenvalue weighted by Gasteiger charge is -2.46. The van der Waals surface area contributed by atoms with Gasteiger partial charge < -0.3 is 15.2 Å². The van der Waals surface area contributed by atoms with E-state index in [1.807, 2.05) is 23.3 Å². The lowest BCUT2D eigenvalue weighted by molar-refractivity contribution is -0.124. The number of piperidine rings is 1. The van der Waals surface area contributed by atoms with E-state index < -0.39 is 0 Å². The van der Waals surface area contributed by atoms with Gasteiger partial charge in [-0.3, -0.25) is 14.9 Å². The van der Waals surface area contributed by atoms with Crippen LogP contribution in [0.5, 0.6) is 0 Å². The van der Waals surface area contributed by atoms with Crippen molar-refractivity contribution < 1.29 is 9.59 Å². The maximum Gasteiger partial charge on any atom is 0.264 e. The van der Waals surface area contributed by atoms with E-state index >= 15 is 0 Å². The minimum atomic E-state index is -0.366. The van der Waals surface area contributed by atoms with Crippen LogP contribution in [0.25, 0.3) is 0 Å². The molecule has 0 saturated carbocycles. The van der Waals surface area contributed by atoms with Crippen molar-refractivity contribution in [1.82, 2.24) is 25.5 Å². The molecule has 2 amide bonds. The van der Waals surface area contributed by atoms with Gasteiger partial charge in [0.25, 0.3) is 5.91 Å². The number of nitrogens with one attached hydrogen (secondary N) is 3. The molecule has 1 spiro atoms. The molecule has 8 heteroatoms. The maximum atomic E-state index is 12.9. The van der Waals surface area contributed by atoms with Gasteiger partial charge in [0.05, 0.1) is 28.5 Å². The molecular formula is C21H29N5O2S. The highest BCUT2D eigenvalue weighted by Crippen LogP contribution is 2.38. The summed E-state index contributed by atoms with van der Waals surface area (Å²) >= 11 is 1.50. The zero-order valence-electron chi connectivity index (χ0n) is 17.2. The molecular weight excluding hydrogens is 386 g/mol. The number of likely N-dealkylation sites (tertiary alicyclic amines) is 1. The van der Waals surface area contributed by atoms with Crippen LogP contribution in [-0.4, -0.2) is 52.4 Å². The number of rotatable bonds is 4. The summed E-state index contributed by atoms with van der Waals surface area (Å²) in [5.41, 5.74) is 2.70. The van der Waals surface area contributed by atoms with Crippen LogP contribution in [-0.2, 0) is 16.8 Å². The normalized spacial score (nSPS) is 20.7. The minimum absolute atomic E-state index is 0.0334. The predicted molar refractivity (Wildman–Crippen MR) is 113 cm³/mol. The lowest BCUT2D eigenvalue weighted by Crippen LogP contribution is -2.62. The van der Waals surface area contributed by atoms with Crippen LogP contribution >= 0.6 is 11.3 Å². The van der Waals surface area contributed by atoms with Gasteiger partial charge >= 0.3 is 0 Å². The average Bonchev–Trinajstić information content (AvgIpc) is 3.35. The zero-order chi connectivity index (χ0) is 20.6. The van der Waals surface area contributed by atoms with Crippen LogP contribution in [0.2, 0.25) is 0 Å². The van der Waals surface area contributed by atoms with Crippen LogP contribution in [0.3, 0.4) is 0 Å². The predicted octanol–water partition coefficient (Wildman–Crippen LogP) is 2.20. The average molecular weight is 416 g/mol. The summed E-state index contributed by atoms with van der Waals surface area (Å²) in [6.07, 6.45) is 3.82. The van der Waals surface area contributed by atoms with Gasteiger partial charge in [0, 0.05) is 31.7 Å². The summed E-state index contributed by atoms with van der Waals surface area (Å²) in [6.45, 7) is 8.12. The number of nitrogens with zero attached hydrogens (tertiary/aromatic N) is 2. The quantitative estimate of drug-likeness (QED) is 0.714. The molecule has 1 atom stereocenters. The maximum absolute atomic E-state index is 12.9. The van der Waals surface area contributed by atoms with Gasteiger partial charge in [0.15, 0.2) is 0 Å². The highest BCUT2D eigenvalue weighted by molar-refractivity contribution is 7.12. The fraction of sp³-hybridized carbons (Fsp3) is 0.571. The second-order valence-corrected chi connectivity index (χ2v) is 9.49. The Morgan fingerprint density at radius 2 is 2.14 bits per heavy atom. The molecule has 2 aliphatic rings. The molecule has 2 aromatic rings. The first-order chi connectivity index (χ1) is 13.9. The Hall–Kier alpha value is -2.19. The fourth-order valence-corrected chi connectivity index (χ4v) is 5.23. The van der Waals surface area contributed by atoms with E-state index in [-0.39, 0.29) is 23.4 Å². The summed E-state index contributed by atoms with van der Waals surface area (Å²) in [6, 6.07) is 1.70. The van der Waals surface area contributed by atoms with Crippen LogP contribution in [0, 0.1) is 12.8 Å². The van der Waals surface area contributed by atoms with Gasteiger partial charge in [-0.25, -0.2) is 4.98 Å². The van der Waals surface area contributed by atoms with E-state index in [2.05, 4.69) is 34.4 Å². The first-order valence-electron chi connectivity index (χ1n) is 10.3. The molecule has 0 bridgehead atoms. The van der Waals surface area contributed by atoms with Gasteiger partial charge in [0.2, 0.25) is 5.91 Å². The monoisotopic (exact) mass is 415 g/mol. The number of aryl methyl sites for hydroxylation is 1.